The van der Waals surface area contributed by atoms with Crippen LogP contribution in [0.5, 0.6) is 0 Å². The zero-order valence-corrected chi connectivity index (χ0v) is 11.1. The van der Waals surface area contributed by atoms with Crippen molar-refractivity contribution in [2.24, 2.45) is 0 Å². The predicted molar refractivity (Wildman–Crippen MR) is 74.0 cm³/mol. The first-order chi connectivity index (χ1) is 9.28. The van der Waals surface area contributed by atoms with Crippen LogP contribution in [0.2, 0.25) is 0 Å². The summed E-state index contributed by atoms with van der Waals surface area (Å²) < 4.78 is 0. The maximum atomic E-state index is 10.3. The first kappa shape index (κ1) is 12.1. The van der Waals surface area contributed by atoms with Crippen molar-refractivity contribution in [3.8, 4) is 0 Å². The molecule has 0 amide bonds. The minimum Gasteiger partial charge on any atom is -0.380 e. The Morgan fingerprint density at radius 2 is 2.00 bits per heavy atom. The summed E-state index contributed by atoms with van der Waals surface area (Å²) in [6.07, 6.45) is 2.81. The van der Waals surface area contributed by atoms with Crippen LogP contribution in [0.3, 0.4) is 0 Å². The molecule has 0 fully saturated rings. The van der Waals surface area contributed by atoms with Crippen molar-refractivity contribution >= 4 is 22.9 Å². The van der Waals surface area contributed by atoms with Gasteiger partial charge in [-0.1, -0.05) is 42.1 Å². The summed E-state index contributed by atoms with van der Waals surface area (Å²) in [5, 5.41) is 10.9. The van der Waals surface area contributed by atoms with Gasteiger partial charge in [0.2, 0.25) is 0 Å². The first-order valence-corrected chi connectivity index (χ1v) is 7.00. The third kappa shape index (κ3) is 2.32. The molecule has 0 aliphatic carbocycles. The monoisotopic (exact) mass is 272 g/mol. The molecular weight excluding hydrogens is 260 g/mol. The van der Waals surface area contributed by atoms with E-state index in [1.807, 2.05) is 36.6 Å². The number of nitrogens with one attached hydrogen (secondary N) is 1. The maximum absolute atomic E-state index is 10.3. The van der Waals surface area contributed by atoms with Gasteiger partial charge >= 0.3 is 0 Å². The molecule has 2 heterocycles. The zero-order valence-electron chi connectivity index (χ0n) is 10.2. The van der Waals surface area contributed by atoms with Crippen LogP contribution in [0, 0.1) is 0 Å². The SMILES string of the molecule is CSc1ncc2[nH]c(C(O)c3ccccc3)nc2n1. The molecule has 1 unspecified atom stereocenters. The average Bonchev–Trinajstić information content (AvgIpc) is 2.90. The van der Waals surface area contributed by atoms with Crippen molar-refractivity contribution < 1.29 is 5.11 Å². The van der Waals surface area contributed by atoms with Crippen LogP contribution in [0.4, 0.5) is 0 Å². The Bertz CT molecular complexity index is 698. The Labute approximate surface area is 114 Å². The number of aliphatic hydroxyl groups is 1. The molecule has 1 atom stereocenters. The van der Waals surface area contributed by atoms with Crippen molar-refractivity contribution in [3.63, 3.8) is 0 Å². The maximum Gasteiger partial charge on any atom is 0.189 e. The fraction of sp³-hybridized carbons (Fsp3) is 0.154. The van der Waals surface area contributed by atoms with Crippen molar-refractivity contribution in [3.05, 3.63) is 47.9 Å². The Morgan fingerprint density at radius 1 is 1.21 bits per heavy atom. The largest absolute Gasteiger partial charge is 0.380 e. The van der Waals surface area contributed by atoms with Gasteiger partial charge in [-0.2, -0.15) is 0 Å². The highest BCUT2D eigenvalue weighted by Gasteiger charge is 2.15. The number of hydrogen-bond acceptors (Lipinski definition) is 5. The standard InChI is InChI=1S/C13H12N4OS/c1-19-13-14-7-9-11(17-13)16-12(15-9)10(18)8-5-3-2-4-6-8/h2-7,10,18H,1H3,(H,14,15,16,17). The van der Waals surface area contributed by atoms with Gasteiger partial charge in [-0.15, -0.1) is 0 Å². The second kappa shape index (κ2) is 4.99. The second-order valence-electron chi connectivity index (χ2n) is 4.03. The van der Waals surface area contributed by atoms with E-state index < -0.39 is 6.10 Å². The van der Waals surface area contributed by atoms with Gasteiger partial charge in [-0.3, -0.25) is 0 Å². The molecule has 0 saturated carbocycles. The molecule has 1 aromatic carbocycles. The average molecular weight is 272 g/mol. The molecule has 3 rings (SSSR count). The van der Waals surface area contributed by atoms with E-state index in [1.165, 1.54) is 11.8 Å². The molecule has 0 saturated heterocycles. The lowest BCUT2D eigenvalue weighted by Gasteiger charge is -2.06. The van der Waals surface area contributed by atoms with Crippen molar-refractivity contribution in [1.82, 2.24) is 19.9 Å². The summed E-state index contributed by atoms with van der Waals surface area (Å²) in [4.78, 5) is 15.8. The van der Waals surface area contributed by atoms with Gasteiger partial charge in [0.1, 0.15) is 17.4 Å². The summed E-state index contributed by atoms with van der Waals surface area (Å²) in [6.45, 7) is 0. The molecule has 0 spiro atoms. The lowest BCUT2D eigenvalue weighted by Crippen LogP contribution is -2.01. The number of benzene rings is 1. The highest BCUT2D eigenvalue weighted by Crippen LogP contribution is 2.21. The molecule has 19 heavy (non-hydrogen) atoms. The van der Waals surface area contributed by atoms with Crippen molar-refractivity contribution in [2.75, 3.05) is 6.26 Å². The minimum absolute atomic E-state index is 0.480. The normalized spacial score (nSPS) is 12.7. The smallest absolute Gasteiger partial charge is 0.189 e. The third-order valence-electron chi connectivity index (χ3n) is 2.79. The topological polar surface area (TPSA) is 74.7 Å². The summed E-state index contributed by atoms with van der Waals surface area (Å²) in [5.74, 6) is 0.480. The quantitative estimate of drug-likeness (QED) is 0.564. The Morgan fingerprint density at radius 3 is 2.74 bits per heavy atom. The van der Waals surface area contributed by atoms with Crippen LogP contribution in [0.25, 0.3) is 11.2 Å². The van der Waals surface area contributed by atoms with Crippen molar-refractivity contribution in [1.29, 1.82) is 0 Å². The molecule has 0 aliphatic heterocycles. The summed E-state index contributed by atoms with van der Waals surface area (Å²) in [5.41, 5.74) is 2.09. The molecule has 0 bridgehead atoms. The number of hydrogen-bond donors (Lipinski definition) is 2. The number of thioether (sulfide) groups is 1. The highest BCUT2D eigenvalue weighted by atomic mass is 32.2. The van der Waals surface area contributed by atoms with E-state index >= 15 is 0 Å². The zero-order chi connectivity index (χ0) is 13.2. The molecule has 96 valence electrons. The van der Waals surface area contributed by atoms with Gasteiger partial charge in [0.25, 0.3) is 0 Å². The van der Waals surface area contributed by atoms with Gasteiger partial charge < -0.3 is 10.1 Å². The van der Waals surface area contributed by atoms with E-state index in [2.05, 4.69) is 19.9 Å². The molecule has 0 radical (unpaired) electrons. The van der Waals surface area contributed by atoms with E-state index in [0.717, 1.165) is 11.1 Å². The van der Waals surface area contributed by atoms with Crippen LogP contribution >= 0.6 is 11.8 Å². The molecule has 2 aromatic heterocycles. The van der Waals surface area contributed by atoms with E-state index in [9.17, 15) is 5.11 Å². The lowest BCUT2D eigenvalue weighted by molar-refractivity contribution is 0.211. The number of imidazole rings is 1. The summed E-state index contributed by atoms with van der Waals surface area (Å²) >= 11 is 1.46. The fourth-order valence-corrected chi connectivity index (χ4v) is 2.17. The van der Waals surface area contributed by atoms with Gasteiger partial charge in [0.05, 0.1) is 6.20 Å². The van der Waals surface area contributed by atoms with Crippen LogP contribution in [0.15, 0.2) is 41.7 Å². The minimum atomic E-state index is -0.784. The number of fused-ring (bicyclic) bond motifs is 1. The second-order valence-corrected chi connectivity index (χ2v) is 4.80. The van der Waals surface area contributed by atoms with E-state index in [1.54, 1.807) is 6.20 Å². The van der Waals surface area contributed by atoms with Crippen LogP contribution in [-0.2, 0) is 0 Å². The van der Waals surface area contributed by atoms with E-state index in [-0.39, 0.29) is 0 Å². The van der Waals surface area contributed by atoms with Gasteiger partial charge in [0, 0.05) is 0 Å². The lowest BCUT2D eigenvalue weighted by atomic mass is 10.1. The molecule has 6 heteroatoms. The molecule has 5 nitrogen and oxygen atoms in total. The Hall–Kier alpha value is -1.92. The highest BCUT2D eigenvalue weighted by molar-refractivity contribution is 7.98. The molecule has 3 aromatic rings. The molecule has 0 aliphatic rings. The number of aromatic amines is 1. The fourth-order valence-electron chi connectivity index (χ4n) is 1.83. The van der Waals surface area contributed by atoms with Gasteiger partial charge in [-0.25, -0.2) is 15.0 Å². The third-order valence-corrected chi connectivity index (χ3v) is 3.35. The van der Waals surface area contributed by atoms with Crippen LogP contribution in [0.1, 0.15) is 17.5 Å². The molecule has 2 N–H and O–H groups in total. The van der Waals surface area contributed by atoms with E-state index in [4.69, 9.17) is 0 Å². The Balaban J connectivity index is 2.01. The van der Waals surface area contributed by atoms with E-state index in [0.29, 0.717) is 16.6 Å². The van der Waals surface area contributed by atoms with Gasteiger partial charge in [0.15, 0.2) is 10.8 Å². The molecular formula is C13H12N4OS. The number of nitrogens with zero attached hydrogens (tertiary/aromatic N) is 3. The predicted octanol–water partition coefficient (Wildman–Crippen LogP) is 2.16. The Kier molecular flexibility index (Phi) is 3.18. The first-order valence-electron chi connectivity index (χ1n) is 5.77. The summed E-state index contributed by atoms with van der Waals surface area (Å²) in [6, 6.07) is 9.39. The van der Waals surface area contributed by atoms with Gasteiger partial charge in [-0.05, 0) is 11.8 Å². The number of rotatable bonds is 3. The number of aliphatic hydroxyl groups excluding tert-OH is 1. The number of H-pyrrole nitrogens is 1. The van der Waals surface area contributed by atoms with Crippen LogP contribution < -0.4 is 0 Å². The van der Waals surface area contributed by atoms with Crippen LogP contribution in [-0.4, -0.2) is 31.3 Å². The van der Waals surface area contributed by atoms with Crippen molar-refractivity contribution in [2.45, 2.75) is 11.3 Å². The summed E-state index contributed by atoms with van der Waals surface area (Å²) in [7, 11) is 0. The number of aromatic nitrogens is 4.